The molecule has 0 aliphatic heterocycles. The lowest BCUT2D eigenvalue weighted by Gasteiger charge is -2.28. The maximum absolute atomic E-state index is 15.0. The number of aliphatic carboxylic acids is 4. The van der Waals surface area contributed by atoms with Gasteiger partial charge in [0.25, 0.3) is 28.2 Å². The van der Waals surface area contributed by atoms with Crippen molar-refractivity contribution in [3.63, 3.8) is 0 Å². The molecule has 0 bridgehead atoms. The summed E-state index contributed by atoms with van der Waals surface area (Å²) in [4.78, 5) is 258. The van der Waals surface area contributed by atoms with E-state index in [1.165, 1.54) is 13.8 Å². The van der Waals surface area contributed by atoms with Gasteiger partial charge in [-0.2, -0.15) is 0 Å². The van der Waals surface area contributed by atoms with Gasteiger partial charge in [0.2, 0.25) is 82.7 Å². The number of amides is 15. The third-order valence-corrected chi connectivity index (χ3v) is 20.4. The van der Waals surface area contributed by atoms with E-state index in [0.717, 1.165) is 69.3 Å². The second-order valence-corrected chi connectivity index (χ2v) is 35.0. The van der Waals surface area contributed by atoms with Crippen molar-refractivity contribution in [2.45, 2.75) is 237 Å². The van der Waals surface area contributed by atoms with Crippen LogP contribution in [0.2, 0.25) is 0 Å². The Balaban J connectivity index is 2.02. The highest BCUT2D eigenvalue weighted by Crippen LogP contribution is 2.37. The summed E-state index contributed by atoms with van der Waals surface area (Å²) in [5.41, 5.74) is 4.11. The van der Waals surface area contributed by atoms with Crippen molar-refractivity contribution in [3.8, 4) is 11.5 Å². The summed E-state index contributed by atoms with van der Waals surface area (Å²) < 4.78 is 66.8. The largest absolute Gasteiger partial charge is 0.481 e. The van der Waals surface area contributed by atoms with E-state index in [1.54, 1.807) is 71.9 Å². The minimum atomic E-state index is -4.67. The number of aliphatic hydroxyl groups excluding tert-OH is 4. The van der Waals surface area contributed by atoms with Crippen LogP contribution in [-0.2, 0) is 110 Å². The molecule has 0 saturated carbocycles. The molecule has 748 valence electrons. The van der Waals surface area contributed by atoms with Crippen LogP contribution in [0.3, 0.4) is 0 Å². The van der Waals surface area contributed by atoms with Crippen LogP contribution in [0.5, 0.6) is 11.5 Å². The van der Waals surface area contributed by atoms with E-state index in [0.29, 0.717) is 5.56 Å². The van der Waals surface area contributed by atoms with Crippen molar-refractivity contribution >= 4 is 135 Å². The zero-order chi connectivity index (χ0) is 102. The van der Waals surface area contributed by atoms with Crippen LogP contribution < -0.4 is 93.9 Å². The molecule has 134 heavy (non-hydrogen) atoms. The van der Waals surface area contributed by atoms with E-state index in [-0.39, 0.29) is 48.1 Å². The normalized spacial score (nSPS) is 15.5. The summed E-state index contributed by atoms with van der Waals surface area (Å²) in [6.45, 7) is 12.7. The van der Waals surface area contributed by atoms with E-state index in [4.69, 9.17) is 0 Å². The first-order chi connectivity index (χ1) is 62.3. The molecule has 3 aromatic rings. The number of carbonyl (C=O) groups excluding carboxylic acids is 15. The van der Waals surface area contributed by atoms with E-state index < -0.39 is 313 Å². The second kappa shape index (κ2) is 55.2. The molecule has 0 aliphatic rings. The van der Waals surface area contributed by atoms with Gasteiger partial charge >= 0.3 is 23.9 Å². The third kappa shape index (κ3) is 42.6. The van der Waals surface area contributed by atoms with Crippen LogP contribution in [0.15, 0.2) is 78.9 Å². The number of hydrogen-bond acceptors (Lipinski definition) is 31. The zero-order valence-electron chi connectivity index (χ0n) is 75.0. The molecule has 0 saturated heterocycles. The number of nitrogens with one attached hydrogen (secondary N) is 15. The first-order valence-corrected chi connectivity index (χ1v) is 44.6. The van der Waals surface area contributed by atoms with Crippen molar-refractivity contribution in [1.82, 2.24) is 79.8 Å². The molecule has 53 heteroatoms. The summed E-state index contributed by atoms with van der Waals surface area (Å²) >= 11 is -9.34. The summed E-state index contributed by atoms with van der Waals surface area (Å²) in [6.07, 6.45) is -11.2. The number of hydrogen-bond donors (Lipinski definition) is 30. The Bertz CT molecular complexity index is 4540. The molecular formula is C81H123N16O35S2+. The monoisotopic (exact) mass is 1940 g/mol. The van der Waals surface area contributed by atoms with Crippen molar-refractivity contribution < 1.29 is 173 Å². The Kier molecular flexibility index (Phi) is 47.6. The highest BCUT2D eigenvalue weighted by Gasteiger charge is 2.41. The van der Waals surface area contributed by atoms with Gasteiger partial charge < -0.3 is 135 Å². The van der Waals surface area contributed by atoms with Crippen LogP contribution >= 0.6 is 22.3 Å². The summed E-state index contributed by atoms with van der Waals surface area (Å²) in [5, 5.41) is 116. The van der Waals surface area contributed by atoms with Gasteiger partial charge in [-0.05, 0) is 98.7 Å². The Morgan fingerprint density at radius 2 is 0.649 bits per heavy atom. The van der Waals surface area contributed by atoms with Crippen LogP contribution in [0.25, 0.3) is 0 Å². The van der Waals surface area contributed by atoms with Gasteiger partial charge in [0.1, 0.15) is 90.0 Å². The van der Waals surface area contributed by atoms with Crippen LogP contribution in [0.4, 0.5) is 0 Å². The molecule has 32 N–H and O–H groups in total. The van der Waals surface area contributed by atoms with Gasteiger partial charge in [-0.3, -0.25) is 114 Å². The Morgan fingerprint density at radius 3 is 1.04 bits per heavy atom. The quantitative estimate of drug-likeness (QED) is 0.0250. The van der Waals surface area contributed by atoms with Gasteiger partial charge in [0.05, 0.1) is 50.8 Å². The van der Waals surface area contributed by atoms with Gasteiger partial charge in [-0.25, -0.2) is 4.79 Å². The molecule has 0 spiro atoms. The molecule has 0 aliphatic carbocycles. The molecule has 0 unspecified atom stereocenters. The average molecular weight is 1950 g/mol. The standard InChI is InChI=1S/C81H122N16O35S2/c1-37(2)27-50(70(112)92-56(81(123)124)28-38(3)4)85-58(102)34-84-77(119)64(40(7)8)95-74(116)55(33-62(108)109)90-73(115)54(32-61(106)107)89-72(114)52(30-45-17-21-47(22-18-45)131-133(125,126)127)87-71(113)53(31-46-19-23-48(24-20-46)132-134(128,129)130)88-75(117)57(36-98)93-79(121)67(43(11)101)97-80(122)65(41(9)99)94-59(103)35-83-68(110)51(29-44-15-13-12-14-16-44)91-78(120)66(42(10)100)96-69(111)49(25-26-60(104)105)86-76(118)63(82)39(5)6/h12-24,37-43,49-57,63-67,98-101,125-130H,25-36,82H2,1-11H3,(H,83,110)(H,84,119)(H,85,102)(H,86,118)(H,87,113)(H,88,117)(H,89,114)(H,90,115)(H,91,120)(H,92,112)(H,93,121)(H,94,103)(H,95,116)(H,96,111)(H,97,122)(H,104,105)(H,106,107)(H,108,109)(H,123,124)/p+1/t41-,42-,43-,49+,50+,51+,52+,53+,54+,55+,56+,57+,63+,64+,65+,66+,67+/m1/s1. The van der Waals surface area contributed by atoms with Gasteiger partial charge in [-0.15, -0.1) is 0 Å². The number of benzene rings is 3. The number of quaternary nitrogens is 1. The Morgan fingerprint density at radius 1 is 0.328 bits per heavy atom. The summed E-state index contributed by atoms with van der Waals surface area (Å²) in [6, 6.07) is -9.25. The number of carboxylic acids is 4. The first-order valence-electron chi connectivity index (χ1n) is 41.8. The highest BCUT2D eigenvalue weighted by molar-refractivity contribution is 8.15. The van der Waals surface area contributed by atoms with E-state index in [1.807, 2.05) is 5.32 Å². The smallest absolute Gasteiger partial charge is 0.326 e. The highest BCUT2D eigenvalue weighted by atomic mass is 32.3. The maximum Gasteiger partial charge on any atom is 0.326 e. The zero-order valence-corrected chi connectivity index (χ0v) is 76.6. The second-order valence-electron chi connectivity index (χ2n) is 32.8. The molecule has 0 aromatic heterocycles. The third-order valence-electron chi connectivity index (χ3n) is 19.6. The lowest BCUT2D eigenvalue weighted by molar-refractivity contribution is -0.414. The predicted octanol–water partition coefficient (Wildman–Crippen LogP) is -5.67. The predicted molar refractivity (Wildman–Crippen MR) is 470 cm³/mol. The van der Waals surface area contributed by atoms with Gasteiger partial charge in [-0.1, -0.05) is 110 Å². The molecule has 17 atom stereocenters. The maximum atomic E-state index is 15.0. The molecule has 51 nitrogen and oxygen atoms in total. The number of carbonyl (C=O) groups is 19. The fourth-order valence-electron chi connectivity index (χ4n) is 12.5. The van der Waals surface area contributed by atoms with E-state index in [9.17, 15) is 159 Å². The van der Waals surface area contributed by atoms with Gasteiger partial charge in [0, 0.05) is 31.6 Å². The topological polar surface area (TPSA) is 834 Å². The molecule has 3 rings (SSSR count). The fourth-order valence-corrected chi connectivity index (χ4v) is 13.2. The van der Waals surface area contributed by atoms with Crippen LogP contribution in [-0.4, -0.2) is 303 Å². The SMILES string of the molecule is CC(C)C[C@H](NC(=O)[C@H](CC(C)C)NC(=O)CNC(=O)[C@@H](NC(=O)[C@H](CC(=O)O)NC(=O)[C@H](CC(=O)O)NC(=O)[C@H](Cc1ccc(OS(O)(O)O)cc1)NC(=O)[C@H](Cc1ccc(OS(O)(O)O)cc1)NC(=O)[C@H](CO)NC(=O)[C@@H](NC(=O)[C@@H](NC(=O)CNC(=O)[C@H](Cc1ccccc1)NC(=O)[C@@H](NC(=O)[C@H](CCC(=O)O)NC(=O)[C@@H]([NH3+])C(C)C)[C@@H](C)O)[C@@H](C)O)[C@@H](C)O)C(C)C)C(=O)O. The van der Waals surface area contributed by atoms with Gasteiger partial charge in [0.15, 0.2) is 6.04 Å². The molecule has 0 radical (unpaired) electrons. The number of aliphatic hydroxyl groups is 4. The lowest BCUT2D eigenvalue weighted by Crippen LogP contribution is -2.71. The van der Waals surface area contributed by atoms with Crippen molar-refractivity contribution in [2.75, 3.05) is 19.7 Å². The summed E-state index contributed by atoms with van der Waals surface area (Å²) in [7, 11) is 0. The molecule has 0 fully saturated rings. The van der Waals surface area contributed by atoms with E-state index in [2.05, 4.69) is 88.5 Å². The van der Waals surface area contributed by atoms with Crippen LogP contribution in [0.1, 0.15) is 131 Å². The minimum absolute atomic E-state index is 0.0109. The van der Waals surface area contributed by atoms with Crippen molar-refractivity contribution in [1.29, 1.82) is 0 Å². The molecular weight excluding hydrogens is 1820 g/mol. The number of carboxylic acid groups (broad SMARTS) is 4. The Hall–Kier alpha value is -12.5. The van der Waals surface area contributed by atoms with E-state index >= 15 is 0 Å². The minimum Gasteiger partial charge on any atom is -0.481 e. The number of rotatable bonds is 58. The molecule has 3 aromatic carbocycles. The lowest BCUT2D eigenvalue weighted by atomic mass is 10.0. The van der Waals surface area contributed by atoms with Crippen molar-refractivity contribution in [2.24, 2.45) is 23.7 Å². The first kappa shape index (κ1) is 116. The molecule has 15 amide bonds. The fraction of sp³-hybridized carbons (Fsp3) is 0.543. The van der Waals surface area contributed by atoms with Crippen molar-refractivity contribution in [3.05, 3.63) is 95.6 Å². The molecule has 0 heterocycles. The Labute approximate surface area is 771 Å². The average Bonchev–Trinajstić information content (AvgIpc) is 0.834. The summed E-state index contributed by atoms with van der Waals surface area (Å²) in [5.74, 6) is -27.5. The van der Waals surface area contributed by atoms with Crippen LogP contribution in [0, 0.1) is 23.7 Å².